The first-order chi connectivity index (χ1) is 10.7. The van der Waals surface area contributed by atoms with Crippen molar-refractivity contribution in [3.63, 3.8) is 0 Å². The van der Waals surface area contributed by atoms with Crippen LogP contribution in [-0.4, -0.2) is 11.0 Å². The van der Waals surface area contributed by atoms with Gasteiger partial charge in [0.2, 0.25) is 5.69 Å². The maximum atomic E-state index is 12.1. The van der Waals surface area contributed by atoms with Gasteiger partial charge in [0.1, 0.15) is 0 Å². The van der Waals surface area contributed by atoms with Crippen molar-refractivity contribution in [2.75, 3.05) is 0 Å². The number of halogens is 1. The fourth-order valence-corrected chi connectivity index (χ4v) is 2.32. The molecule has 22 heavy (non-hydrogen) atoms. The maximum absolute atomic E-state index is 12.1. The zero-order valence-electron chi connectivity index (χ0n) is 11.8. The minimum atomic E-state index is 0.552. The molecule has 0 bridgehead atoms. The molecule has 0 N–H and O–H groups in total. The third-order valence-corrected chi connectivity index (χ3v) is 3.62. The molecule has 0 atom stereocenters. The quantitative estimate of drug-likeness (QED) is 0.280. The average Bonchev–Trinajstić information content (AvgIpc) is 2.57. The van der Waals surface area contributed by atoms with Crippen molar-refractivity contribution in [1.82, 2.24) is 0 Å². The van der Waals surface area contributed by atoms with Crippen LogP contribution in [0.4, 0.5) is 5.69 Å². The molecule has 3 aromatic carbocycles. The van der Waals surface area contributed by atoms with Crippen molar-refractivity contribution in [1.29, 1.82) is 0 Å². The predicted octanol–water partition coefficient (Wildman–Crippen LogP) is 5.27. The molecule has 3 rings (SSSR count). The van der Waals surface area contributed by atoms with E-state index >= 15 is 0 Å². The number of hydrogen-bond donors (Lipinski definition) is 0. The number of hydrogen-bond acceptors (Lipinski definition) is 1. The molecule has 0 saturated carbocycles. The second-order valence-electron chi connectivity index (χ2n) is 4.92. The molecule has 0 spiro atoms. The van der Waals surface area contributed by atoms with Crippen LogP contribution < -0.4 is 0 Å². The standard InChI is InChI=1S/C19H14ClNO/c20-18-10-12-19(13-11-18)21(22)14-15-6-8-17(9-7-15)16-4-2-1-3-5-16/h1-14H/b21-14-. The van der Waals surface area contributed by atoms with E-state index in [2.05, 4.69) is 12.1 Å². The first-order valence-corrected chi connectivity index (χ1v) is 7.32. The van der Waals surface area contributed by atoms with Crippen molar-refractivity contribution in [3.05, 3.63) is 94.7 Å². The summed E-state index contributed by atoms with van der Waals surface area (Å²) in [5.41, 5.74) is 3.69. The van der Waals surface area contributed by atoms with E-state index in [1.54, 1.807) is 30.5 Å². The molecule has 3 aromatic rings. The Kier molecular flexibility index (Phi) is 4.22. The molecule has 0 radical (unpaired) electrons. The fourth-order valence-electron chi connectivity index (χ4n) is 2.19. The molecule has 0 unspecified atom stereocenters. The van der Waals surface area contributed by atoms with Crippen LogP contribution in [0, 0.1) is 5.21 Å². The number of benzene rings is 3. The molecule has 0 saturated heterocycles. The van der Waals surface area contributed by atoms with Gasteiger partial charge in [-0.15, -0.1) is 0 Å². The van der Waals surface area contributed by atoms with Crippen molar-refractivity contribution in [3.8, 4) is 11.1 Å². The summed E-state index contributed by atoms with van der Waals surface area (Å²) in [5.74, 6) is 0. The maximum Gasteiger partial charge on any atom is 0.216 e. The van der Waals surface area contributed by atoms with E-state index in [9.17, 15) is 5.21 Å². The van der Waals surface area contributed by atoms with Gasteiger partial charge in [-0.1, -0.05) is 54.1 Å². The van der Waals surface area contributed by atoms with Crippen LogP contribution in [0.25, 0.3) is 11.1 Å². The Balaban J connectivity index is 1.84. The smallest absolute Gasteiger partial charge is 0.216 e. The van der Waals surface area contributed by atoms with Crippen LogP contribution >= 0.6 is 11.6 Å². The lowest BCUT2D eigenvalue weighted by Gasteiger charge is -2.04. The summed E-state index contributed by atoms with van der Waals surface area (Å²) in [6.07, 6.45) is 1.55. The van der Waals surface area contributed by atoms with Gasteiger partial charge in [0, 0.05) is 22.7 Å². The van der Waals surface area contributed by atoms with Crippen molar-refractivity contribution < 1.29 is 4.74 Å². The molecule has 0 aliphatic carbocycles. The zero-order valence-corrected chi connectivity index (χ0v) is 12.6. The van der Waals surface area contributed by atoms with Gasteiger partial charge in [0.05, 0.1) is 0 Å². The molecular formula is C19H14ClNO. The van der Waals surface area contributed by atoms with Crippen molar-refractivity contribution in [2.24, 2.45) is 0 Å². The molecule has 0 aromatic heterocycles. The highest BCUT2D eigenvalue weighted by molar-refractivity contribution is 6.30. The minimum Gasteiger partial charge on any atom is -0.618 e. The lowest BCUT2D eigenvalue weighted by Crippen LogP contribution is -1.98. The van der Waals surface area contributed by atoms with E-state index in [4.69, 9.17) is 11.6 Å². The highest BCUT2D eigenvalue weighted by Crippen LogP contribution is 2.19. The highest BCUT2D eigenvalue weighted by atomic mass is 35.5. The van der Waals surface area contributed by atoms with Gasteiger partial charge in [-0.25, -0.2) is 0 Å². The molecule has 0 heterocycles. The summed E-state index contributed by atoms with van der Waals surface area (Å²) < 4.78 is 0.841. The lowest BCUT2D eigenvalue weighted by molar-refractivity contribution is -0.354. The summed E-state index contributed by atoms with van der Waals surface area (Å²) in [4.78, 5) is 0. The Hall–Kier alpha value is -2.58. The largest absolute Gasteiger partial charge is 0.618 e. The second kappa shape index (κ2) is 6.46. The Bertz CT molecular complexity index is 778. The first-order valence-electron chi connectivity index (χ1n) is 6.95. The monoisotopic (exact) mass is 307 g/mol. The minimum absolute atomic E-state index is 0.552. The zero-order chi connectivity index (χ0) is 15.4. The Morgan fingerprint density at radius 3 is 1.95 bits per heavy atom. The van der Waals surface area contributed by atoms with Crippen molar-refractivity contribution in [2.45, 2.75) is 0 Å². The van der Waals surface area contributed by atoms with E-state index in [-0.39, 0.29) is 0 Å². The molecule has 0 aliphatic rings. The third-order valence-electron chi connectivity index (χ3n) is 3.37. The molecular weight excluding hydrogens is 294 g/mol. The van der Waals surface area contributed by atoms with E-state index < -0.39 is 0 Å². The van der Waals surface area contributed by atoms with E-state index in [1.807, 2.05) is 42.5 Å². The summed E-state index contributed by atoms with van der Waals surface area (Å²) in [5, 5.41) is 12.7. The van der Waals surface area contributed by atoms with E-state index in [0.29, 0.717) is 10.7 Å². The summed E-state index contributed by atoms with van der Waals surface area (Å²) in [6.45, 7) is 0. The summed E-state index contributed by atoms with van der Waals surface area (Å²) in [6, 6.07) is 24.8. The van der Waals surface area contributed by atoms with E-state index in [0.717, 1.165) is 21.4 Å². The fraction of sp³-hybridized carbons (Fsp3) is 0. The SMILES string of the molecule is [O-]/[N+](=C\c1ccc(-c2ccccc2)cc1)c1ccc(Cl)cc1. The summed E-state index contributed by atoms with van der Waals surface area (Å²) in [7, 11) is 0. The molecule has 0 aliphatic heterocycles. The Morgan fingerprint density at radius 1 is 0.727 bits per heavy atom. The van der Waals surface area contributed by atoms with Crippen LogP contribution in [0.1, 0.15) is 5.56 Å². The topological polar surface area (TPSA) is 26.1 Å². The van der Waals surface area contributed by atoms with Gasteiger partial charge in [0.15, 0.2) is 6.21 Å². The Labute approximate surface area is 134 Å². The van der Waals surface area contributed by atoms with Crippen LogP contribution in [0.3, 0.4) is 0 Å². The highest BCUT2D eigenvalue weighted by Gasteiger charge is 2.02. The van der Waals surface area contributed by atoms with Gasteiger partial charge in [-0.2, -0.15) is 4.74 Å². The first kappa shape index (κ1) is 14.4. The number of rotatable bonds is 3. The van der Waals surface area contributed by atoms with Gasteiger partial charge in [-0.3, -0.25) is 0 Å². The Morgan fingerprint density at radius 2 is 1.32 bits per heavy atom. The van der Waals surface area contributed by atoms with Crippen LogP contribution in [0.2, 0.25) is 5.02 Å². The third kappa shape index (κ3) is 3.35. The lowest BCUT2D eigenvalue weighted by atomic mass is 10.0. The molecule has 0 fully saturated rings. The van der Waals surface area contributed by atoms with Crippen LogP contribution in [0.15, 0.2) is 78.9 Å². The van der Waals surface area contributed by atoms with Crippen molar-refractivity contribution >= 4 is 23.5 Å². The van der Waals surface area contributed by atoms with Gasteiger partial charge in [-0.05, 0) is 35.4 Å². The van der Waals surface area contributed by atoms with Crippen LogP contribution in [0.5, 0.6) is 0 Å². The van der Waals surface area contributed by atoms with Gasteiger partial charge >= 0.3 is 0 Å². The molecule has 3 heteroatoms. The van der Waals surface area contributed by atoms with Gasteiger partial charge < -0.3 is 5.21 Å². The van der Waals surface area contributed by atoms with Gasteiger partial charge in [0.25, 0.3) is 0 Å². The molecule has 108 valence electrons. The average molecular weight is 308 g/mol. The normalized spacial score (nSPS) is 11.4. The summed E-state index contributed by atoms with van der Waals surface area (Å²) >= 11 is 5.82. The number of nitrogens with zero attached hydrogens (tertiary/aromatic N) is 1. The van der Waals surface area contributed by atoms with E-state index in [1.165, 1.54) is 0 Å². The molecule has 0 amide bonds. The molecule has 2 nitrogen and oxygen atoms in total. The van der Waals surface area contributed by atoms with Crippen LogP contribution in [-0.2, 0) is 0 Å². The predicted molar refractivity (Wildman–Crippen MR) is 91.8 cm³/mol. The second-order valence-corrected chi connectivity index (χ2v) is 5.36.